The Morgan fingerprint density at radius 2 is 1.79 bits per heavy atom. The summed E-state index contributed by atoms with van der Waals surface area (Å²) >= 11 is 0. The Kier molecular flexibility index (Phi) is 5.22. The summed E-state index contributed by atoms with van der Waals surface area (Å²) in [5, 5.41) is 2.86. The fourth-order valence-corrected chi connectivity index (χ4v) is 2.47. The molecule has 0 heterocycles. The molecule has 0 atom stereocenters. The molecule has 0 radical (unpaired) electrons. The zero-order valence-corrected chi connectivity index (χ0v) is 11.3. The summed E-state index contributed by atoms with van der Waals surface area (Å²) in [5.41, 5.74) is 0.428. The van der Waals surface area contributed by atoms with Crippen LogP contribution in [0.5, 0.6) is 0 Å². The van der Waals surface area contributed by atoms with Crippen molar-refractivity contribution in [3.05, 3.63) is 24.3 Å². The molecule has 7 heteroatoms. The van der Waals surface area contributed by atoms with Gasteiger partial charge in [-0.15, -0.1) is 0 Å². The van der Waals surface area contributed by atoms with Crippen LogP contribution in [0.25, 0.3) is 0 Å². The summed E-state index contributed by atoms with van der Waals surface area (Å²) in [4.78, 5) is 0.158. The molecule has 0 aromatic heterocycles. The lowest BCUT2D eigenvalue weighted by molar-refractivity contribution is -0.135. The third-order valence-corrected chi connectivity index (χ3v) is 3.64. The Morgan fingerprint density at radius 1 is 1.16 bits per heavy atom. The van der Waals surface area contributed by atoms with Gasteiger partial charge in [0.1, 0.15) is 0 Å². The molecule has 0 spiro atoms. The number of para-hydroxylation sites is 1. The summed E-state index contributed by atoms with van der Waals surface area (Å²) in [5.74, 6) is 0. The molecule has 0 bridgehead atoms. The van der Waals surface area contributed by atoms with E-state index in [9.17, 15) is 21.6 Å². The number of unbranched alkanes of at least 4 members (excludes halogenated alkanes) is 1. The van der Waals surface area contributed by atoms with E-state index in [0.717, 1.165) is 6.26 Å². The van der Waals surface area contributed by atoms with Gasteiger partial charge in [-0.1, -0.05) is 12.1 Å². The molecule has 0 fully saturated rings. The molecule has 1 rings (SSSR count). The molecular formula is C12H16F3NO2S. The first-order chi connectivity index (χ1) is 8.70. The molecular weight excluding hydrogens is 279 g/mol. The quantitative estimate of drug-likeness (QED) is 0.820. The first kappa shape index (κ1) is 15.8. The number of anilines is 1. The van der Waals surface area contributed by atoms with Crippen LogP contribution in [0.4, 0.5) is 18.9 Å². The van der Waals surface area contributed by atoms with E-state index in [1.807, 2.05) is 0 Å². The van der Waals surface area contributed by atoms with E-state index in [1.54, 1.807) is 18.2 Å². The normalized spacial score (nSPS) is 12.4. The van der Waals surface area contributed by atoms with Crippen molar-refractivity contribution in [2.45, 2.75) is 30.3 Å². The monoisotopic (exact) mass is 295 g/mol. The molecule has 1 N–H and O–H groups in total. The van der Waals surface area contributed by atoms with Crippen molar-refractivity contribution in [3.63, 3.8) is 0 Å². The van der Waals surface area contributed by atoms with Crippen LogP contribution in [0.2, 0.25) is 0 Å². The summed E-state index contributed by atoms with van der Waals surface area (Å²) in [6.45, 7) is 0.308. The lowest BCUT2D eigenvalue weighted by Crippen LogP contribution is -2.10. The molecule has 0 unspecified atom stereocenters. The summed E-state index contributed by atoms with van der Waals surface area (Å²) in [7, 11) is -3.34. The Morgan fingerprint density at radius 3 is 2.37 bits per heavy atom. The molecule has 0 aliphatic carbocycles. The van der Waals surface area contributed by atoms with E-state index < -0.39 is 22.4 Å². The Bertz CT molecular complexity index is 512. The van der Waals surface area contributed by atoms with Crippen molar-refractivity contribution in [3.8, 4) is 0 Å². The van der Waals surface area contributed by atoms with E-state index in [4.69, 9.17) is 0 Å². The second-order valence-corrected chi connectivity index (χ2v) is 6.25. The van der Waals surface area contributed by atoms with Crippen molar-refractivity contribution >= 4 is 15.5 Å². The lowest BCUT2D eigenvalue weighted by atomic mass is 10.2. The molecule has 3 nitrogen and oxygen atoms in total. The van der Waals surface area contributed by atoms with Crippen molar-refractivity contribution in [1.82, 2.24) is 0 Å². The second-order valence-electron chi connectivity index (χ2n) is 4.27. The van der Waals surface area contributed by atoms with Crippen molar-refractivity contribution in [2.75, 3.05) is 18.1 Å². The van der Waals surface area contributed by atoms with Gasteiger partial charge in [0.15, 0.2) is 9.84 Å². The van der Waals surface area contributed by atoms with Gasteiger partial charge in [0.05, 0.1) is 10.6 Å². The van der Waals surface area contributed by atoms with Gasteiger partial charge >= 0.3 is 6.18 Å². The zero-order chi connectivity index (χ0) is 14.5. The maximum atomic E-state index is 11.9. The molecule has 0 saturated carbocycles. The molecule has 1 aromatic carbocycles. The number of rotatable bonds is 6. The van der Waals surface area contributed by atoms with Gasteiger partial charge in [0.2, 0.25) is 0 Å². The molecule has 19 heavy (non-hydrogen) atoms. The highest BCUT2D eigenvalue weighted by Crippen LogP contribution is 2.23. The number of hydrogen-bond acceptors (Lipinski definition) is 3. The molecule has 0 aliphatic rings. The first-order valence-corrected chi connectivity index (χ1v) is 7.69. The zero-order valence-electron chi connectivity index (χ0n) is 10.5. The van der Waals surface area contributed by atoms with Crippen LogP contribution in [0.3, 0.4) is 0 Å². The number of hydrogen-bond donors (Lipinski definition) is 1. The minimum atomic E-state index is -4.13. The standard InChI is InChI=1S/C12H16F3NO2S/c1-19(17,18)11-7-3-2-6-10(11)16-9-5-4-8-12(13,14)15/h2-3,6-7,16H,4-5,8-9H2,1H3. The summed E-state index contributed by atoms with van der Waals surface area (Å²) < 4.78 is 58.8. The fraction of sp³-hybridized carbons (Fsp3) is 0.500. The largest absolute Gasteiger partial charge is 0.389 e. The van der Waals surface area contributed by atoms with E-state index in [-0.39, 0.29) is 11.3 Å². The van der Waals surface area contributed by atoms with Crippen molar-refractivity contribution in [2.24, 2.45) is 0 Å². The molecule has 0 amide bonds. The van der Waals surface area contributed by atoms with Gasteiger partial charge in [0.25, 0.3) is 0 Å². The van der Waals surface area contributed by atoms with Crippen molar-refractivity contribution < 1.29 is 21.6 Å². The highest BCUT2D eigenvalue weighted by atomic mass is 32.2. The van der Waals surface area contributed by atoms with Crippen LogP contribution < -0.4 is 5.32 Å². The van der Waals surface area contributed by atoms with Gasteiger partial charge in [-0.25, -0.2) is 8.42 Å². The lowest BCUT2D eigenvalue weighted by Gasteiger charge is -2.11. The van der Waals surface area contributed by atoms with Crippen LogP contribution in [0.1, 0.15) is 19.3 Å². The Balaban J connectivity index is 2.51. The molecule has 1 aromatic rings. The molecule has 108 valence electrons. The van der Waals surface area contributed by atoms with Crippen LogP contribution in [-0.4, -0.2) is 27.4 Å². The number of halogens is 3. The van der Waals surface area contributed by atoms with E-state index in [2.05, 4.69) is 5.32 Å². The van der Waals surface area contributed by atoms with E-state index in [0.29, 0.717) is 18.7 Å². The number of nitrogens with one attached hydrogen (secondary N) is 1. The Labute approximate surface area is 110 Å². The van der Waals surface area contributed by atoms with Gasteiger partial charge in [-0.05, 0) is 25.0 Å². The third-order valence-electron chi connectivity index (χ3n) is 2.49. The highest BCUT2D eigenvalue weighted by Gasteiger charge is 2.25. The number of alkyl halides is 3. The second kappa shape index (κ2) is 6.27. The SMILES string of the molecule is CS(=O)(=O)c1ccccc1NCCCCC(F)(F)F. The fourth-order valence-electron chi connectivity index (χ4n) is 1.61. The van der Waals surface area contributed by atoms with Gasteiger partial charge in [-0.2, -0.15) is 13.2 Å². The van der Waals surface area contributed by atoms with Crippen molar-refractivity contribution in [1.29, 1.82) is 0 Å². The summed E-state index contributed by atoms with van der Waals surface area (Å²) in [6, 6.07) is 6.34. The van der Waals surface area contributed by atoms with E-state index in [1.165, 1.54) is 6.07 Å². The first-order valence-electron chi connectivity index (χ1n) is 5.80. The van der Waals surface area contributed by atoms with Gasteiger partial charge in [-0.3, -0.25) is 0 Å². The molecule has 0 aliphatic heterocycles. The maximum Gasteiger partial charge on any atom is 0.389 e. The predicted molar refractivity (Wildman–Crippen MR) is 67.9 cm³/mol. The average Bonchev–Trinajstić information content (AvgIpc) is 2.26. The minimum Gasteiger partial charge on any atom is -0.384 e. The van der Waals surface area contributed by atoms with Crippen LogP contribution in [0.15, 0.2) is 29.2 Å². The van der Waals surface area contributed by atoms with E-state index >= 15 is 0 Å². The predicted octanol–water partition coefficient (Wildman–Crippen LogP) is 3.23. The van der Waals surface area contributed by atoms with Gasteiger partial charge < -0.3 is 5.32 Å². The van der Waals surface area contributed by atoms with Crippen LogP contribution in [0, 0.1) is 0 Å². The Hall–Kier alpha value is -1.24. The third kappa shape index (κ3) is 5.96. The number of benzene rings is 1. The molecule has 0 saturated heterocycles. The maximum absolute atomic E-state index is 11.9. The van der Waals surface area contributed by atoms with Gasteiger partial charge in [0, 0.05) is 19.2 Å². The van der Waals surface area contributed by atoms with Crippen LogP contribution >= 0.6 is 0 Å². The highest BCUT2D eigenvalue weighted by molar-refractivity contribution is 7.90. The smallest absolute Gasteiger partial charge is 0.384 e. The average molecular weight is 295 g/mol. The number of sulfone groups is 1. The summed E-state index contributed by atoms with van der Waals surface area (Å²) in [6.07, 6.45) is -3.50. The topological polar surface area (TPSA) is 46.2 Å². The minimum absolute atomic E-state index is 0.0253. The van der Waals surface area contributed by atoms with Crippen LogP contribution in [-0.2, 0) is 9.84 Å².